The zero-order valence-corrected chi connectivity index (χ0v) is 14.4. The molecule has 0 saturated carbocycles. The highest BCUT2D eigenvalue weighted by Crippen LogP contribution is 2.25. The second kappa shape index (κ2) is 7.17. The molecular formula is C19H19N3O3. The van der Waals surface area contributed by atoms with E-state index in [1.807, 2.05) is 43.3 Å². The smallest absolute Gasteiger partial charge is 0.259 e. The molecular weight excluding hydrogens is 318 g/mol. The number of hydrogen-bond donors (Lipinski definition) is 0. The predicted molar refractivity (Wildman–Crippen MR) is 94.1 cm³/mol. The first kappa shape index (κ1) is 16.7. The van der Waals surface area contributed by atoms with Gasteiger partial charge in [-0.1, -0.05) is 41.1 Å². The van der Waals surface area contributed by atoms with E-state index >= 15 is 0 Å². The summed E-state index contributed by atoms with van der Waals surface area (Å²) in [5.41, 5.74) is 2.80. The topological polar surface area (TPSA) is 68.5 Å². The Kier molecular flexibility index (Phi) is 4.79. The van der Waals surface area contributed by atoms with Crippen LogP contribution in [-0.4, -0.2) is 41.6 Å². The van der Waals surface area contributed by atoms with E-state index in [9.17, 15) is 4.79 Å². The first-order chi connectivity index (χ1) is 12.0. The van der Waals surface area contributed by atoms with Crippen LogP contribution in [0.5, 0.6) is 5.75 Å². The fourth-order valence-corrected chi connectivity index (χ4v) is 2.15. The molecule has 3 rings (SSSR count). The number of likely N-dealkylation sites (N-methyl/N-ethyl adjacent to an activating group) is 1. The number of carbonyl (C=O) groups excluding carboxylic acids is 1. The highest BCUT2D eigenvalue weighted by molar-refractivity contribution is 5.77. The van der Waals surface area contributed by atoms with E-state index in [4.69, 9.17) is 9.26 Å². The lowest BCUT2D eigenvalue weighted by atomic mass is 10.1. The van der Waals surface area contributed by atoms with Crippen molar-refractivity contribution in [1.29, 1.82) is 0 Å². The van der Waals surface area contributed by atoms with Crippen molar-refractivity contribution in [2.45, 2.75) is 6.92 Å². The Morgan fingerprint density at radius 2 is 1.88 bits per heavy atom. The molecule has 0 saturated heterocycles. The van der Waals surface area contributed by atoms with Gasteiger partial charge in [0.1, 0.15) is 5.75 Å². The maximum absolute atomic E-state index is 11.6. The zero-order valence-electron chi connectivity index (χ0n) is 14.4. The summed E-state index contributed by atoms with van der Waals surface area (Å²) >= 11 is 0. The molecule has 0 aliphatic carbocycles. The van der Waals surface area contributed by atoms with E-state index in [0.717, 1.165) is 11.1 Å². The number of aryl methyl sites for hydroxylation is 1. The Balaban J connectivity index is 1.77. The first-order valence-electron chi connectivity index (χ1n) is 7.87. The van der Waals surface area contributed by atoms with Gasteiger partial charge in [-0.25, -0.2) is 0 Å². The van der Waals surface area contributed by atoms with Crippen LogP contribution < -0.4 is 4.74 Å². The minimum Gasteiger partial charge on any atom is -0.484 e. The normalized spacial score (nSPS) is 10.5. The van der Waals surface area contributed by atoms with Crippen LogP contribution in [0.1, 0.15) is 5.56 Å². The summed E-state index contributed by atoms with van der Waals surface area (Å²) in [6, 6.07) is 15.1. The molecule has 0 bridgehead atoms. The molecule has 0 aliphatic rings. The third-order valence-corrected chi connectivity index (χ3v) is 3.68. The summed E-state index contributed by atoms with van der Waals surface area (Å²) in [4.78, 5) is 17.5. The number of hydrogen-bond acceptors (Lipinski definition) is 5. The van der Waals surface area contributed by atoms with Gasteiger partial charge in [-0.2, -0.15) is 4.98 Å². The van der Waals surface area contributed by atoms with Gasteiger partial charge in [0.15, 0.2) is 6.61 Å². The molecule has 0 spiro atoms. The monoisotopic (exact) mass is 337 g/mol. The molecule has 1 heterocycles. The van der Waals surface area contributed by atoms with Gasteiger partial charge in [0.25, 0.3) is 11.8 Å². The lowest BCUT2D eigenvalue weighted by molar-refractivity contribution is -0.130. The van der Waals surface area contributed by atoms with Crippen molar-refractivity contribution in [1.82, 2.24) is 15.0 Å². The summed E-state index contributed by atoms with van der Waals surface area (Å²) in [5.74, 6) is 1.40. The average molecular weight is 337 g/mol. The number of aromatic nitrogens is 2. The fourth-order valence-electron chi connectivity index (χ4n) is 2.15. The molecule has 25 heavy (non-hydrogen) atoms. The second-order valence-corrected chi connectivity index (χ2v) is 5.89. The van der Waals surface area contributed by atoms with Crippen molar-refractivity contribution in [3.05, 3.63) is 54.1 Å². The standard InChI is InChI=1S/C19H19N3O3/c1-13-7-9-14(10-8-13)18-20-19(25-21-18)15-5-4-6-16(11-15)24-12-17(23)22(2)3/h4-11H,12H2,1-3H3. The van der Waals surface area contributed by atoms with Gasteiger partial charge >= 0.3 is 0 Å². The number of ether oxygens (including phenoxy) is 1. The van der Waals surface area contributed by atoms with Crippen LogP contribution in [0.3, 0.4) is 0 Å². The molecule has 0 atom stereocenters. The van der Waals surface area contributed by atoms with E-state index in [0.29, 0.717) is 17.5 Å². The number of rotatable bonds is 5. The Morgan fingerprint density at radius 1 is 1.12 bits per heavy atom. The van der Waals surface area contributed by atoms with Crippen LogP contribution in [0.2, 0.25) is 0 Å². The molecule has 3 aromatic rings. The summed E-state index contributed by atoms with van der Waals surface area (Å²) in [6.07, 6.45) is 0. The van der Waals surface area contributed by atoms with E-state index < -0.39 is 0 Å². The fraction of sp³-hybridized carbons (Fsp3) is 0.211. The summed E-state index contributed by atoms with van der Waals surface area (Å²) in [6.45, 7) is 2.01. The van der Waals surface area contributed by atoms with Gasteiger partial charge in [-0.15, -0.1) is 0 Å². The summed E-state index contributed by atoms with van der Waals surface area (Å²) in [5, 5.41) is 4.03. The highest BCUT2D eigenvalue weighted by atomic mass is 16.5. The van der Waals surface area contributed by atoms with Crippen LogP contribution in [-0.2, 0) is 4.79 Å². The largest absolute Gasteiger partial charge is 0.484 e. The second-order valence-electron chi connectivity index (χ2n) is 5.89. The van der Waals surface area contributed by atoms with Crippen LogP contribution in [0.15, 0.2) is 53.1 Å². The number of nitrogens with zero attached hydrogens (tertiary/aromatic N) is 3. The van der Waals surface area contributed by atoms with Gasteiger partial charge in [-0.05, 0) is 25.1 Å². The Bertz CT molecular complexity index is 870. The Morgan fingerprint density at radius 3 is 2.60 bits per heavy atom. The Labute approximate surface area is 146 Å². The van der Waals surface area contributed by atoms with Crippen molar-refractivity contribution in [3.8, 4) is 28.6 Å². The van der Waals surface area contributed by atoms with Crippen molar-refractivity contribution >= 4 is 5.91 Å². The third kappa shape index (κ3) is 4.03. The lowest BCUT2D eigenvalue weighted by Gasteiger charge is -2.11. The molecule has 0 aliphatic heterocycles. The van der Waals surface area contributed by atoms with Gasteiger partial charge in [0.2, 0.25) is 5.82 Å². The molecule has 2 aromatic carbocycles. The summed E-state index contributed by atoms with van der Waals surface area (Å²) in [7, 11) is 3.38. The number of benzene rings is 2. The van der Waals surface area contributed by atoms with Crippen molar-refractivity contribution in [2.75, 3.05) is 20.7 Å². The molecule has 0 unspecified atom stereocenters. The van der Waals surface area contributed by atoms with Crippen LogP contribution in [0.25, 0.3) is 22.8 Å². The molecule has 0 N–H and O–H groups in total. The van der Waals surface area contributed by atoms with E-state index in [2.05, 4.69) is 10.1 Å². The zero-order chi connectivity index (χ0) is 17.8. The molecule has 0 fully saturated rings. The number of amides is 1. The van der Waals surface area contributed by atoms with Crippen LogP contribution >= 0.6 is 0 Å². The molecule has 1 aromatic heterocycles. The molecule has 6 heteroatoms. The van der Waals surface area contributed by atoms with Crippen molar-refractivity contribution in [3.63, 3.8) is 0 Å². The third-order valence-electron chi connectivity index (χ3n) is 3.68. The van der Waals surface area contributed by atoms with Crippen LogP contribution in [0.4, 0.5) is 0 Å². The Hall–Kier alpha value is -3.15. The quantitative estimate of drug-likeness (QED) is 0.715. The maximum Gasteiger partial charge on any atom is 0.259 e. The molecule has 6 nitrogen and oxygen atoms in total. The van der Waals surface area contributed by atoms with E-state index in [-0.39, 0.29) is 12.5 Å². The predicted octanol–water partition coefficient (Wildman–Crippen LogP) is 3.18. The average Bonchev–Trinajstić information content (AvgIpc) is 3.10. The molecule has 1 amide bonds. The lowest BCUT2D eigenvalue weighted by Crippen LogP contribution is -2.27. The highest BCUT2D eigenvalue weighted by Gasteiger charge is 2.12. The van der Waals surface area contributed by atoms with E-state index in [1.54, 1.807) is 26.2 Å². The maximum atomic E-state index is 11.6. The summed E-state index contributed by atoms with van der Waals surface area (Å²) < 4.78 is 10.9. The van der Waals surface area contributed by atoms with Crippen molar-refractivity contribution < 1.29 is 14.1 Å². The first-order valence-corrected chi connectivity index (χ1v) is 7.87. The van der Waals surface area contributed by atoms with Gasteiger partial charge in [-0.3, -0.25) is 4.79 Å². The van der Waals surface area contributed by atoms with Crippen molar-refractivity contribution in [2.24, 2.45) is 0 Å². The minimum atomic E-state index is -0.107. The molecule has 0 radical (unpaired) electrons. The van der Waals surface area contributed by atoms with Crippen LogP contribution in [0, 0.1) is 6.92 Å². The van der Waals surface area contributed by atoms with Gasteiger partial charge in [0.05, 0.1) is 0 Å². The van der Waals surface area contributed by atoms with E-state index in [1.165, 1.54) is 10.5 Å². The number of carbonyl (C=O) groups is 1. The van der Waals surface area contributed by atoms with Gasteiger partial charge < -0.3 is 14.2 Å². The minimum absolute atomic E-state index is 0.0189. The molecule has 128 valence electrons. The SMILES string of the molecule is Cc1ccc(-c2noc(-c3cccc(OCC(=O)N(C)C)c3)n2)cc1. The van der Waals surface area contributed by atoms with Gasteiger partial charge in [0, 0.05) is 25.2 Å².